The van der Waals surface area contributed by atoms with E-state index in [2.05, 4.69) is 5.32 Å². The normalized spacial score (nSPS) is 17.8. The van der Waals surface area contributed by atoms with Crippen LogP contribution in [0.15, 0.2) is 83.8 Å². The van der Waals surface area contributed by atoms with E-state index in [1.807, 2.05) is 30.3 Å². The second kappa shape index (κ2) is 14.1. The summed E-state index contributed by atoms with van der Waals surface area (Å²) < 4.78 is 32.6. The first-order valence-electron chi connectivity index (χ1n) is 15.0. The Labute approximate surface area is 267 Å². The number of nitrogens with zero attached hydrogens (tertiary/aromatic N) is 3. The molecule has 0 radical (unpaired) electrons. The van der Waals surface area contributed by atoms with Gasteiger partial charge >= 0.3 is 5.97 Å². The number of ether oxygens (including phenoxy) is 1. The molecule has 3 aromatic rings. The molecule has 2 N–H and O–H groups in total. The third-order valence-corrected chi connectivity index (χ3v) is 10.2. The number of benzene rings is 3. The number of carboxylic acids is 1. The number of hydrogen-bond acceptors (Lipinski definition) is 7. The van der Waals surface area contributed by atoms with Crippen molar-refractivity contribution in [1.29, 1.82) is 0 Å². The largest absolute Gasteiger partial charge is 0.497 e. The molecular weight excluding hydrogens is 612 g/mol. The molecule has 3 amide bonds. The Bertz CT molecular complexity index is 1690. The predicted octanol–water partition coefficient (Wildman–Crippen LogP) is 2.15. The van der Waals surface area contributed by atoms with Gasteiger partial charge < -0.3 is 25.0 Å². The third-order valence-electron chi connectivity index (χ3n) is 8.28. The molecule has 12 nitrogen and oxygen atoms in total. The van der Waals surface area contributed by atoms with Gasteiger partial charge in [-0.1, -0.05) is 42.5 Å². The van der Waals surface area contributed by atoms with E-state index in [1.165, 1.54) is 28.4 Å². The number of nitrogens with one attached hydrogen (secondary N) is 1. The average molecular weight is 649 g/mol. The molecule has 0 unspecified atom stereocenters. The number of aliphatic carboxylic acids is 1. The number of sulfonamides is 1. The zero-order valence-electron chi connectivity index (χ0n) is 25.4. The maximum absolute atomic E-state index is 13.4. The van der Waals surface area contributed by atoms with Crippen molar-refractivity contribution in [2.24, 2.45) is 0 Å². The minimum absolute atomic E-state index is 0.0740. The molecule has 2 saturated heterocycles. The molecule has 242 valence electrons. The maximum Gasteiger partial charge on any atom is 0.326 e. The van der Waals surface area contributed by atoms with Crippen LogP contribution in [0.25, 0.3) is 0 Å². The van der Waals surface area contributed by atoms with E-state index in [0.29, 0.717) is 23.3 Å². The van der Waals surface area contributed by atoms with Crippen molar-refractivity contribution in [1.82, 2.24) is 19.4 Å². The smallest absolute Gasteiger partial charge is 0.326 e. The lowest BCUT2D eigenvalue weighted by Gasteiger charge is -2.34. The minimum Gasteiger partial charge on any atom is -0.497 e. The second-order valence-electron chi connectivity index (χ2n) is 11.2. The molecule has 13 heteroatoms. The molecule has 2 fully saturated rings. The number of piperazine rings is 1. The van der Waals surface area contributed by atoms with E-state index in [9.17, 15) is 32.7 Å². The van der Waals surface area contributed by atoms with Crippen molar-refractivity contribution in [3.05, 3.63) is 95.6 Å². The molecule has 0 saturated carbocycles. The fourth-order valence-electron chi connectivity index (χ4n) is 5.73. The van der Waals surface area contributed by atoms with Gasteiger partial charge in [-0.25, -0.2) is 13.2 Å². The molecule has 0 aliphatic carbocycles. The van der Waals surface area contributed by atoms with Gasteiger partial charge in [0.25, 0.3) is 5.91 Å². The van der Waals surface area contributed by atoms with E-state index in [-0.39, 0.29) is 62.3 Å². The van der Waals surface area contributed by atoms with Crippen molar-refractivity contribution < 1.29 is 37.4 Å². The summed E-state index contributed by atoms with van der Waals surface area (Å²) in [6.45, 7) is 0.870. The molecule has 0 bridgehead atoms. The quantitative estimate of drug-likeness (QED) is 0.321. The summed E-state index contributed by atoms with van der Waals surface area (Å²) in [5.74, 6) is -1.70. The monoisotopic (exact) mass is 648 g/mol. The number of likely N-dealkylation sites (tertiary alicyclic amines) is 1. The van der Waals surface area contributed by atoms with Crippen molar-refractivity contribution in [2.45, 2.75) is 42.8 Å². The summed E-state index contributed by atoms with van der Waals surface area (Å²) in [6.07, 6.45) is 0.423. The zero-order chi connectivity index (χ0) is 32.8. The standard InChI is InChI=1S/C33H36N4O8S/c1-45-26-10-12-27(13-11-26)46(43,44)36-18-16-35(17-19-36)32(40)25-9-5-8-24(20-25)21-28(33(41)42)34-31(39)29-14-15-30(38)37(29)22-23-6-3-2-4-7-23/h2-13,20,28-29H,14-19,21-22H2,1H3,(H,34,39)(H,41,42)/t28-,29-/m0/s1. The number of hydrogen-bond donors (Lipinski definition) is 2. The first-order chi connectivity index (χ1) is 22.1. The molecule has 2 atom stereocenters. The highest BCUT2D eigenvalue weighted by atomic mass is 32.2. The highest BCUT2D eigenvalue weighted by Crippen LogP contribution is 2.23. The highest BCUT2D eigenvalue weighted by Gasteiger charge is 2.37. The number of methoxy groups -OCH3 is 1. The lowest BCUT2D eigenvalue weighted by Crippen LogP contribution is -2.51. The summed E-state index contributed by atoms with van der Waals surface area (Å²) in [6, 6.07) is 19.9. The van der Waals surface area contributed by atoms with E-state index in [0.717, 1.165) is 5.56 Å². The second-order valence-corrected chi connectivity index (χ2v) is 13.2. The van der Waals surface area contributed by atoms with Crippen molar-refractivity contribution in [3.8, 4) is 5.75 Å². The van der Waals surface area contributed by atoms with Crippen LogP contribution in [-0.4, -0.2) is 96.7 Å². The van der Waals surface area contributed by atoms with Gasteiger partial charge in [0.15, 0.2) is 0 Å². The lowest BCUT2D eigenvalue weighted by atomic mass is 10.0. The maximum atomic E-state index is 13.4. The number of amides is 3. The molecule has 46 heavy (non-hydrogen) atoms. The van der Waals surface area contributed by atoms with Crippen LogP contribution < -0.4 is 10.1 Å². The van der Waals surface area contributed by atoms with Gasteiger partial charge in [-0.15, -0.1) is 0 Å². The Balaban J connectivity index is 1.20. The molecule has 0 spiro atoms. The fraction of sp³-hybridized carbons (Fsp3) is 0.333. The van der Waals surface area contributed by atoms with Gasteiger partial charge in [-0.3, -0.25) is 14.4 Å². The third kappa shape index (κ3) is 7.37. The Morgan fingerprint density at radius 3 is 2.26 bits per heavy atom. The van der Waals surface area contributed by atoms with Crippen molar-refractivity contribution >= 4 is 33.7 Å². The van der Waals surface area contributed by atoms with Gasteiger partial charge in [0, 0.05) is 51.1 Å². The zero-order valence-corrected chi connectivity index (χ0v) is 26.2. The summed E-state index contributed by atoms with van der Waals surface area (Å²) in [4.78, 5) is 54.5. The van der Waals surface area contributed by atoms with E-state index >= 15 is 0 Å². The average Bonchev–Trinajstić information content (AvgIpc) is 3.44. The summed E-state index contributed by atoms with van der Waals surface area (Å²) in [7, 11) is -2.24. The number of carbonyl (C=O) groups excluding carboxylic acids is 3. The van der Waals surface area contributed by atoms with Crippen LogP contribution in [0.1, 0.15) is 34.3 Å². The Morgan fingerprint density at radius 2 is 1.61 bits per heavy atom. The molecule has 3 aromatic carbocycles. The lowest BCUT2D eigenvalue weighted by molar-refractivity contribution is -0.143. The molecule has 2 heterocycles. The molecular formula is C33H36N4O8S. The summed E-state index contributed by atoms with van der Waals surface area (Å²) in [5, 5.41) is 12.5. The van der Waals surface area contributed by atoms with Gasteiger partial charge in [0.05, 0.1) is 12.0 Å². The predicted molar refractivity (Wildman–Crippen MR) is 167 cm³/mol. The Hall–Kier alpha value is -4.75. The number of carbonyl (C=O) groups is 4. The SMILES string of the molecule is COc1ccc(S(=O)(=O)N2CCN(C(=O)c3cccc(C[C@H](NC(=O)[C@@H]4CCC(=O)N4Cc4ccccc4)C(=O)O)c3)CC2)cc1. The molecule has 2 aliphatic heterocycles. The summed E-state index contributed by atoms with van der Waals surface area (Å²) in [5.41, 5.74) is 1.73. The Kier molecular flexibility index (Phi) is 10.0. The van der Waals surface area contributed by atoms with Crippen molar-refractivity contribution in [2.75, 3.05) is 33.3 Å². The first kappa shape index (κ1) is 32.6. The molecule has 5 rings (SSSR count). The summed E-state index contributed by atoms with van der Waals surface area (Å²) >= 11 is 0. The van der Waals surface area contributed by atoms with Gasteiger partial charge in [0.1, 0.15) is 17.8 Å². The van der Waals surface area contributed by atoms with E-state index in [1.54, 1.807) is 41.3 Å². The van der Waals surface area contributed by atoms with Crippen LogP contribution in [0.3, 0.4) is 0 Å². The van der Waals surface area contributed by atoms with E-state index in [4.69, 9.17) is 4.74 Å². The molecule has 0 aromatic heterocycles. The van der Waals surface area contributed by atoms with Crippen LogP contribution in [-0.2, 0) is 37.4 Å². The van der Waals surface area contributed by atoms with Crippen molar-refractivity contribution in [3.63, 3.8) is 0 Å². The number of carboxylic acid groups (broad SMARTS) is 1. The van der Waals surface area contributed by atoms with E-state index < -0.39 is 34.0 Å². The van der Waals surface area contributed by atoms with Gasteiger partial charge in [-0.2, -0.15) is 4.31 Å². The van der Waals surface area contributed by atoms with Crippen LogP contribution in [0, 0.1) is 0 Å². The van der Waals surface area contributed by atoms with Gasteiger partial charge in [-0.05, 0) is 53.9 Å². The highest BCUT2D eigenvalue weighted by molar-refractivity contribution is 7.89. The first-order valence-corrected chi connectivity index (χ1v) is 16.4. The van der Waals surface area contributed by atoms with Crippen LogP contribution in [0.5, 0.6) is 5.75 Å². The fourth-order valence-corrected chi connectivity index (χ4v) is 7.15. The number of rotatable bonds is 11. The van der Waals surface area contributed by atoms with Crippen LogP contribution >= 0.6 is 0 Å². The molecule has 2 aliphatic rings. The minimum atomic E-state index is -3.74. The topological polar surface area (TPSA) is 154 Å². The van der Waals surface area contributed by atoms with Crippen LogP contribution in [0.4, 0.5) is 0 Å². The van der Waals surface area contributed by atoms with Gasteiger partial charge in [0.2, 0.25) is 21.8 Å². The van der Waals surface area contributed by atoms with Crippen LogP contribution in [0.2, 0.25) is 0 Å². The Morgan fingerprint density at radius 1 is 0.935 bits per heavy atom.